The van der Waals surface area contributed by atoms with Gasteiger partial charge < -0.3 is 9.84 Å². The van der Waals surface area contributed by atoms with E-state index in [4.69, 9.17) is 9.84 Å². The van der Waals surface area contributed by atoms with Crippen LogP contribution in [0, 0.1) is 6.92 Å². The molecular formula is C13H16N2O2. The molecule has 0 unspecified atom stereocenters. The molecule has 1 N–H and O–H groups in total. The van der Waals surface area contributed by atoms with Gasteiger partial charge in [-0.15, -0.1) is 0 Å². The molecule has 0 spiro atoms. The van der Waals surface area contributed by atoms with Crippen molar-refractivity contribution in [3.8, 4) is 5.75 Å². The van der Waals surface area contributed by atoms with E-state index in [-0.39, 0.29) is 6.61 Å². The van der Waals surface area contributed by atoms with Gasteiger partial charge in [0.15, 0.2) is 0 Å². The maximum Gasteiger partial charge on any atom is 0.123 e. The fourth-order valence-corrected chi connectivity index (χ4v) is 1.78. The predicted molar refractivity (Wildman–Crippen MR) is 65.0 cm³/mol. The third-order valence-corrected chi connectivity index (χ3v) is 2.64. The van der Waals surface area contributed by atoms with E-state index in [1.807, 2.05) is 25.3 Å². The van der Waals surface area contributed by atoms with Gasteiger partial charge in [0.1, 0.15) is 5.75 Å². The monoisotopic (exact) mass is 232 g/mol. The third-order valence-electron chi connectivity index (χ3n) is 2.64. The molecule has 1 aromatic heterocycles. The summed E-state index contributed by atoms with van der Waals surface area (Å²) in [5, 5.41) is 13.2. The number of hydrogen-bond donors (Lipinski definition) is 1. The Morgan fingerprint density at radius 3 is 2.88 bits per heavy atom. The molecule has 0 aliphatic rings. The number of benzene rings is 1. The first-order chi connectivity index (χ1) is 8.22. The van der Waals surface area contributed by atoms with Gasteiger partial charge >= 0.3 is 0 Å². The Hall–Kier alpha value is -1.81. The SMILES string of the molecule is COc1ccc(C)cc1Cn1cc(CO)cn1. The van der Waals surface area contributed by atoms with E-state index in [0.717, 1.165) is 16.9 Å². The first-order valence-corrected chi connectivity index (χ1v) is 5.48. The van der Waals surface area contributed by atoms with Gasteiger partial charge in [-0.2, -0.15) is 5.10 Å². The van der Waals surface area contributed by atoms with Crippen molar-refractivity contribution < 1.29 is 9.84 Å². The summed E-state index contributed by atoms with van der Waals surface area (Å²) in [6.07, 6.45) is 3.50. The molecule has 0 radical (unpaired) electrons. The fourth-order valence-electron chi connectivity index (χ4n) is 1.78. The molecule has 1 aromatic carbocycles. The topological polar surface area (TPSA) is 47.3 Å². The lowest BCUT2D eigenvalue weighted by Crippen LogP contribution is -2.02. The Morgan fingerprint density at radius 2 is 2.24 bits per heavy atom. The van der Waals surface area contributed by atoms with Crippen LogP contribution in [-0.4, -0.2) is 22.0 Å². The van der Waals surface area contributed by atoms with Crippen molar-refractivity contribution >= 4 is 0 Å². The summed E-state index contributed by atoms with van der Waals surface area (Å²) >= 11 is 0. The minimum atomic E-state index is 0.0188. The number of aliphatic hydroxyl groups excluding tert-OH is 1. The number of methoxy groups -OCH3 is 1. The molecule has 0 atom stereocenters. The van der Waals surface area contributed by atoms with Gasteiger partial charge in [-0.3, -0.25) is 4.68 Å². The van der Waals surface area contributed by atoms with Crippen molar-refractivity contribution in [2.24, 2.45) is 0 Å². The van der Waals surface area contributed by atoms with E-state index >= 15 is 0 Å². The molecular weight excluding hydrogens is 216 g/mol. The highest BCUT2D eigenvalue weighted by molar-refractivity contribution is 5.37. The van der Waals surface area contributed by atoms with E-state index in [9.17, 15) is 0 Å². The molecule has 0 amide bonds. The standard InChI is InChI=1S/C13H16N2O2/c1-10-3-4-13(17-2)12(5-10)8-15-7-11(9-16)6-14-15/h3-7,16H,8-9H2,1-2H3. The summed E-state index contributed by atoms with van der Waals surface area (Å²) < 4.78 is 7.11. The highest BCUT2D eigenvalue weighted by Gasteiger charge is 2.05. The summed E-state index contributed by atoms with van der Waals surface area (Å²) in [5.41, 5.74) is 3.09. The Morgan fingerprint density at radius 1 is 1.41 bits per heavy atom. The molecule has 0 fully saturated rings. The number of aromatic nitrogens is 2. The van der Waals surface area contributed by atoms with Crippen LogP contribution in [-0.2, 0) is 13.2 Å². The van der Waals surface area contributed by atoms with Crippen molar-refractivity contribution in [2.45, 2.75) is 20.1 Å². The van der Waals surface area contributed by atoms with Crippen LogP contribution >= 0.6 is 0 Å². The van der Waals surface area contributed by atoms with E-state index in [2.05, 4.69) is 11.2 Å². The summed E-state index contributed by atoms with van der Waals surface area (Å²) in [4.78, 5) is 0. The smallest absolute Gasteiger partial charge is 0.123 e. The summed E-state index contributed by atoms with van der Waals surface area (Å²) in [7, 11) is 1.66. The van der Waals surface area contributed by atoms with Crippen LogP contribution in [0.15, 0.2) is 30.6 Å². The normalized spacial score (nSPS) is 10.5. The molecule has 90 valence electrons. The van der Waals surface area contributed by atoms with Crippen LogP contribution in [0.4, 0.5) is 0 Å². The second-order valence-corrected chi connectivity index (χ2v) is 4.02. The molecule has 17 heavy (non-hydrogen) atoms. The molecule has 0 bridgehead atoms. The number of hydrogen-bond acceptors (Lipinski definition) is 3. The van der Waals surface area contributed by atoms with Crippen LogP contribution in [0.2, 0.25) is 0 Å². The molecule has 0 saturated carbocycles. The Labute approximate surface area is 100 Å². The summed E-state index contributed by atoms with van der Waals surface area (Å²) in [5.74, 6) is 0.858. The molecule has 0 aliphatic carbocycles. The van der Waals surface area contributed by atoms with Crippen molar-refractivity contribution in [1.82, 2.24) is 9.78 Å². The molecule has 0 aliphatic heterocycles. The van der Waals surface area contributed by atoms with Gasteiger partial charge in [0.2, 0.25) is 0 Å². The zero-order valence-corrected chi connectivity index (χ0v) is 10.1. The molecule has 4 nitrogen and oxygen atoms in total. The van der Waals surface area contributed by atoms with Crippen LogP contribution in [0.1, 0.15) is 16.7 Å². The van der Waals surface area contributed by atoms with Crippen molar-refractivity contribution in [3.63, 3.8) is 0 Å². The second kappa shape index (κ2) is 5.01. The highest BCUT2D eigenvalue weighted by atomic mass is 16.5. The molecule has 4 heteroatoms. The van der Waals surface area contributed by atoms with Crippen LogP contribution < -0.4 is 4.74 Å². The number of ether oxygens (including phenoxy) is 1. The lowest BCUT2D eigenvalue weighted by Gasteiger charge is -2.09. The van der Waals surface area contributed by atoms with E-state index in [1.54, 1.807) is 18.0 Å². The van der Waals surface area contributed by atoms with Crippen molar-refractivity contribution in [1.29, 1.82) is 0 Å². The number of nitrogens with zero attached hydrogens (tertiary/aromatic N) is 2. The van der Waals surface area contributed by atoms with E-state index < -0.39 is 0 Å². The molecule has 1 heterocycles. The minimum Gasteiger partial charge on any atom is -0.496 e. The van der Waals surface area contributed by atoms with Gasteiger partial charge in [-0.1, -0.05) is 17.7 Å². The number of aryl methyl sites for hydroxylation is 1. The minimum absolute atomic E-state index is 0.0188. The largest absolute Gasteiger partial charge is 0.496 e. The van der Waals surface area contributed by atoms with E-state index in [0.29, 0.717) is 6.54 Å². The summed E-state index contributed by atoms with van der Waals surface area (Å²) in [6.45, 7) is 2.71. The Kier molecular flexibility index (Phi) is 3.44. The number of aliphatic hydroxyl groups is 1. The molecule has 0 saturated heterocycles. The Bertz CT molecular complexity index is 506. The highest BCUT2D eigenvalue weighted by Crippen LogP contribution is 2.20. The van der Waals surface area contributed by atoms with Crippen molar-refractivity contribution in [3.05, 3.63) is 47.3 Å². The van der Waals surface area contributed by atoms with Gasteiger partial charge in [-0.25, -0.2) is 0 Å². The zero-order valence-electron chi connectivity index (χ0n) is 10.1. The lowest BCUT2D eigenvalue weighted by atomic mass is 10.1. The second-order valence-electron chi connectivity index (χ2n) is 4.02. The molecule has 2 rings (SSSR count). The lowest BCUT2D eigenvalue weighted by molar-refractivity contribution is 0.281. The van der Waals surface area contributed by atoms with Gasteiger partial charge in [-0.05, 0) is 13.0 Å². The zero-order chi connectivity index (χ0) is 12.3. The van der Waals surface area contributed by atoms with Crippen LogP contribution in [0.5, 0.6) is 5.75 Å². The van der Waals surface area contributed by atoms with Gasteiger partial charge in [0, 0.05) is 17.3 Å². The van der Waals surface area contributed by atoms with Crippen LogP contribution in [0.25, 0.3) is 0 Å². The quantitative estimate of drug-likeness (QED) is 0.873. The van der Waals surface area contributed by atoms with E-state index in [1.165, 1.54) is 5.56 Å². The first kappa shape index (κ1) is 11.7. The van der Waals surface area contributed by atoms with Gasteiger partial charge in [0.25, 0.3) is 0 Å². The predicted octanol–water partition coefficient (Wildman–Crippen LogP) is 1.74. The maximum atomic E-state index is 8.98. The maximum absolute atomic E-state index is 8.98. The summed E-state index contributed by atoms with van der Waals surface area (Å²) in [6, 6.07) is 6.06. The average molecular weight is 232 g/mol. The Balaban J connectivity index is 2.25. The molecule has 2 aromatic rings. The van der Waals surface area contributed by atoms with Crippen LogP contribution in [0.3, 0.4) is 0 Å². The van der Waals surface area contributed by atoms with Crippen molar-refractivity contribution in [2.75, 3.05) is 7.11 Å². The average Bonchev–Trinajstić information content (AvgIpc) is 2.77. The fraction of sp³-hybridized carbons (Fsp3) is 0.308. The first-order valence-electron chi connectivity index (χ1n) is 5.48. The van der Waals surface area contributed by atoms with Gasteiger partial charge in [0.05, 0.1) is 26.5 Å². The third kappa shape index (κ3) is 2.65. The number of rotatable bonds is 4.